The van der Waals surface area contributed by atoms with Gasteiger partial charge in [0.05, 0.1) is 12.6 Å². The molecule has 0 spiro atoms. The van der Waals surface area contributed by atoms with Gasteiger partial charge in [0.1, 0.15) is 0 Å². The number of benzene rings is 5. The predicted octanol–water partition coefficient (Wildman–Crippen LogP) is 10.4. The molecular weight excluding hydrogens is 501 g/mol. The fourth-order valence-electron chi connectivity index (χ4n) is 6.74. The zero-order valence-corrected chi connectivity index (χ0v) is 25.3. The zero-order chi connectivity index (χ0) is 29.3. The normalized spacial score (nSPS) is 12.8. The lowest BCUT2D eigenvalue weighted by Crippen LogP contribution is -2.31. The van der Waals surface area contributed by atoms with E-state index in [1.54, 1.807) is 0 Å². The molecule has 1 aliphatic carbocycles. The summed E-state index contributed by atoms with van der Waals surface area (Å²) < 4.78 is 9.50. The first-order chi connectivity index (χ1) is 19.8. The Labute approximate surface area is 245 Å². The summed E-state index contributed by atoms with van der Waals surface area (Å²) in [5.74, 6) is 0. The Bertz CT molecular complexity index is 1630. The molecule has 5 aromatic rings. The molecule has 208 valence electrons. The number of anilines is 2. The van der Waals surface area contributed by atoms with Crippen molar-refractivity contribution in [2.75, 3.05) is 12.1 Å². The molecule has 6 rings (SSSR count). The average molecular weight is 542 g/mol. The van der Waals surface area contributed by atoms with Gasteiger partial charge in [-0.3, -0.25) is 4.39 Å². The molecule has 1 aliphatic rings. The van der Waals surface area contributed by atoms with E-state index in [1.165, 1.54) is 67.0 Å². The van der Waals surface area contributed by atoms with Crippen LogP contribution in [0.25, 0.3) is 11.1 Å². The fourth-order valence-corrected chi connectivity index (χ4v) is 6.74. The maximum Gasteiger partial charge on any atom is 0.0785 e. The largest absolute Gasteiger partial charge is 0.339 e. The minimum atomic E-state index is -0.403. The Morgan fingerprint density at radius 3 is 1.51 bits per heavy atom. The van der Waals surface area contributed by atoms with Gasteiger partial charge in [-0.25, -0.2) is 0 Å². The molecule has 0 saturated heterocycles. The number of hydrogen-bond donors (Lipinski definition) is 0. The predicted molar refractivity (Wildman–Crippen MR) is 173 cm³/mol. The molecule has 0 amide bonds. The number of halogens is 1. The van der Waals surface area contributed by atoms with Crippen LogP contribution in [0.5, 0.6) is 0 Å². The van der Waals surface area contributed by atoms with Crippen molar-refractivity contribution in [1.82, 2.24) is 0 Å². The van der Waals surface area contributed by atoms with E-state index in [2.05, 4.69) is 156 Å². The summed E-state index contributed by atoms with van der Waals surface area (Å²) in [6, 6.07) is 41.3. The lowest BCUT2D eigenvalue weighted by atomic mass is 9.65. The molecule has 0 aliphatic heterocycles. The Kier molecular flexibility index (Phi) is 7.87. The molecule has 1 nitrogen and oxygen atoms in total. The Morgan fingerprint density at radius 1 is 0.512 bits per heavy atom. The van der Waals surface area contributed by atoms with Crippen LogP contribution in [0.2, 0.25) is 0 Å². The summed E-state index contributed by atoms with van der Waals surface area (Å²) in [6.45, 7) is 13.4. The Morgan fingerprint density at radius 2 is 0.976 bits per heavy atom. The highest BCUT2D eigenvalue weighted by molar-refractivity contribution is 5.89. The van der Waals surface area contributed by atoms with Gasteiger partial charge < -0.3 is 4.90 Å². The topological polar surface area (TPSA) is 3.24 Å². The first-order valence-corrected chi connectivity index (χ1v) is 14.4. The summed E-state index contributed by atoms with van der Waals surface area (Å²) >= 11 is 0. The maximum atomic E-state index is 9.50. The second kappa shape index (κ2) is 11.4. The highest BCUT2D eigenvalue weighted by Gasteiger charge is 2.47. The second-order valence-electron chi connectivity index (χ2n) is 11.5. The van der Waals surface area contributed by atoms with Gasteiger partial charge in [-0.15, -0.1) is 0 Å². The van der Waals surface area contributed by atoms with E-state index < -0.39 is 5.41 Å². The van der Waals surface area contributed by atoms with Gasteiger partial charge in [0.15, 0.2) is 0 Å². The highest BCUT2D eigenvalue weighted by Crippen LogP contribution is 2.58. The lowest BCUT2D eigenvalue weighted by molar-refractivity contribution is 0.636. The SMILES string of the molecule is CF.Cc1ccc(N(c2ccc3c(c2)C(c2ccccc2C)(c2ccccc2C)c2cc(C)ccc2-3)C(C)C)cc1. The van der Waals surface area contributed by atoms with E-state index in [0.29, 0.717) is 13.2 Å². The van der Waals surface area contributed by atoms with Crippen LogP contribution in [0.4, 0.5) is 15.8 Å². The highest BCUT2D eigenvalue weighted by atomic mass is 19.1. The third-order valence-electron chi connectivity index (χ3n) is 8.48. The van der Waals surface area contributed by atoms with Crippen molar-refractivity contribution in [2.24, 2.45) is 0 Å². The molecule has 0 atom stereocenters. The molecule has 0 saturated carbocycles. The van der Waals surface area contributed by atoms with Crippen LogP contribution in [0.1, 0.15) is 58.4 Å². The molecular formula is C39H40FN. The fraction of sp³-hybridized carbons (Fsp3) is 0.231. The van der Waals surface area contributed by atoms with E-state index in [0.717, 1.165) is 0 Å². The molecule has 0 N–H and O–H groups in total. The molecule has 0 aromatic heterocycles. The lowest BCUT2D eigenvalue weighted by Gasteiger charge is -2.37. The van der Waals surface area contributed by atoms with E-state index in [4.69, 9.17) is 0 Å². The van der Waals surface area contributed by atoms with Gasteiger partial charge in [-0.05, 0) is 110 Å². The Balaban J connectivity index is 0.00000165. The van der Waals surface area contributed by atoms with Crippen LogP contribution in [-0.2, 0) is 5.41 Å². The van der Waals surface area contributed by atoms with Crippen molar-refractivity contribution < 1.29 is 4.39 Å². The summed E-state index contributed by atoms with van der Waals surface area (Å²) in [6.07, 6.45) is 0. The number of rotatable bonds is 5. The first kappa shape index (κ1) is 28.4. The smallest absolute Gasteiger partial charge is 0.0785 e. The van der Waals surface area contributed by atoms with Gasteiger partial charge in [0.25, 0.3) is 0 Å². The van der Waals surface area contributed by atoms with E-state index in [9.17, 15) is 4.39 Å². The van der Waals surface area contributed by atoms with Crippen LogP contribution in [0.3, 0.4) is 0 Å². The molecule has 0 unspecified atom stereocenters. The number of hydrogen-bond acceptors (Lipinski definition) is 1. The Hall–Kier alpha value is -4.17. The van der Waals surface area contributed by atoms with Gasteiger partial charge in [0, 0.05) is 17.4 Å². The van der Waals surface area contributed by atoms with Crippen molar-refractivity contribution in [3.63, 3.8) is 0 Å². The zero-order valence-electron chi connectivity index (χ0n) is 25.3. The van der Waals surface area contributed by atoms with Crippen LogP contribution < -0.4 is 4.90 Å². The summed E-state index contributed by atoms with van der Waals surface area (Å²) in [7, 11) is 0.500. The maximum absolute atomic E-state index is 9.50. The molecule has 0 fully saturated rings. The van der Waals surface area contributed by atoms with Crippen LogP contribution in [0.15, 0.2) is 109 Å². The second-order valence-corrected chi connectivity index (χ2v) is 11.5. The van der Waals surface area contributed by atoms with Gasteiger partial charge >= 0.3 is 0 Å². The minimum absolute atomic E-state index is 0.308. The minimum Gasteiger partial charge on any atom is -0.339 e. The van der Waals surface area contributed by atoms with E-state index >= 15 is 0 Å². The van der Waals surface area contributed by atoms with Crippen LogP contribution >= 0.6 is 0 Å². The van der Waals surface area contributed by atoms with Crippen LogP contribution in [0, 0.1) is 27.7 Å². The molecule has 0 radical (unpaired) electrons. The first-order valence-electron chi connectivity index (χ1n) is 14.4. The van der Waals surface area contributed by atoms with Crippen molar-refractivity contribution in [1.29, 1.82) is 0 Å². The van der Waals surface area contributed by atoms with Gasteiger partial charge in [0.2, 0.25) is 0 Å². The monoisotopic (exact) mass is 541 g/mol. The number of aryl methyl sites for hydroxylation is 4. The summed E-state index contributed by atoms with van der Waals surface area (Å²) in [4.78, 5) is 2.47. The summed E-state index contributed by atoms with van der Waals surface area (Å²) in [5, 5.41) is 0. The standard InChI is InChI=1S/C38H37N.CH3F/c1-25(2)39(30-18-15-26(3)16-19-30)31-20-22-33-32-21-17-27(4)23-36(32)38(37(33)24-31,34-13-9-7-11-28(34)5)35-14-10-8-12-29(35)6;1-2/h7-25H,1-6H3;1H3. The van der Waals surface area contributed by atoms with Crippen molar-refractivity contribution >= 4 is 11.4 Å². The van der Waals surface area contributed by atoms with E-state index in [-0.39, 0.29) is 0 Å². The van der Waals surface area contributed by atoms with Gasteiger partial charge in [-0.1, -0.05) is 96.1 Å². The van der Waals surface area contributed by atoms with Crippen molar-refractivity contribution in [3.8, 4) is 11.1 Å². The molecule has 2 heteroatoms. The number of fused-ring (bicyclic) bond motifs is 3. The van der Waals surface area contributed by atoms with Crippen molar-refractivity contribution in [2.45, 2.75) is 53.0 Å². The molecule has 41 heavy (non-hydrogen) atoms. The quantitative estimate of drug-likeness (QED) is 0.210. The van der Waals surface area contributed by atoms with Crippen LogP contribution in [-0.4, -0.2) is 13.2 Å². The van der Waals surface area contributed by atoms with Gasteiger partial charge in [-0.2, -0.15) is 0 Å². The molecule has 5 aromatic carbocycles. The third-order valence-corrected chi connectivity index (χ3v) is 8.48. The molecule has 0 heterocycles. The summed E-state index contributed by atoms with van der Waals surface area (Å²) in [5.41, 5.74) is 15.3. The average Bonchev–Trinajstić information content (AvgIpc) is 3.25. The van der Waals surface area contributed by atoms with Crippen molar-refractivity contribution in [3.05, 3.63) is 154 Å². The van der Waals surface area contributed by atoms with E-state index in [1.807, 2.05) is 0 Å². The molecule has 0 bridgehead atoms. The number of nitrogens with zero attached hydrogens (tertiary/aromatic N) is 1. The number of alkyl halides is 1. The third kappa shape index (κ3) is 4.66.